The highest BCUT2D eigenvalue weighted by Crippen LogP contribution is 2.22. The van der Waals surface area contributed by atoms with E-state index in [2.05, 4.69) is 33.9 Å². The molecule has 0 saturated heterocycles. The molecule has 4 heteroatoms. The lowest BCUT2D eigenvalue weighted by atomic mass is 10.2. The number of methoxy groups -OCH3 is 1. The van der Waals surface area contributed by atoms with Gasteiger partial charge in [-0.2, -0.15) is 0 Å². The van der Waals surface area contributed by atoms with Gasteiger partial charge in [0.15, 0.2) is 0 Å². The summed E-state index contributed by atoms with van der Waals surface area (Å²) in [5, 5.41) is 0. The van der Waals surface area contributed by atoms with E-state index in [1.807, 2.05) is 13.0 Å². The average molecular weight is 332 g/mol. The second-order valence-corrected chi connectivity index (χ2v) is 4.62. The zero-order valence-corrected chi connectivity index (χ0v) is 11.4. The fourth-order valence-corrected chi connectivity index (χ4v) is 1.56. The zero-order valence-electron chi connectivity index (χ0n) is 9.25. The van der Waals surface area contributed by atoms with Crippen molar-refractivity contribution >= 4 is 28.6 Å². The molecule has 0 heterocycles. The first-order valence-corrected chi connectivity index (χ1v) is 5.77. The Morgan fingerprint density at radius 3 is 2.75 bits per heavy atom. The number of benzene rings is 1. The van der Waals surface area contributed by atoms with Crippen LogP contribution in [0.3, 0.4) is 0 Å². The first kappa shape index (κ1) is 13.0. The molecule has 0 fully saturated rings. The van der Waals surface area contributed by atoms with E-state index < -0.39 is 5.97 Å². The Morgan fingerprint density at radius 2 is 2.19 bits per heavy atom. The standard InChI is InChI=1S/C12H13IO3/c1-8(2)7-16-11-6-9(13)4-5-10(11)12(14)15-3/h4-6H,1,7H2,2-3H3. The molecule has 0 amide bonds. The van der Waals surface area contributed by atoms with E-state index in [9.17, 15) is 4.79 Å². The smallest absolute Gasteiger partial charge is 0.341 e. The van der Waals surface area contributed by atoms with Crippen molar-refractivity contribution in [2.24, 2.45) is 0 Å². The fraction of sp³-hybridized carbons (Fsp3) is 0.250. The summed E-state index contributed by atoms with van der Waals surface area (Å²) in [7, 11) is 1.35. The molecule has 0 unspecified atom stereocenters. The van der Waals surface area contributed by atoms with Crippen LogP contribution >= 0.6 is 22.6 Å². The molecule has 0 aliphatic rings. The van der Waals surface area contributed by atoms with Gasteiger partial charge in [0.1, 0.15) is 17.9 Å². The second kappa shape index (κ2) is 5.89. The average Bonchev–Trinajstić information content (AvgIpc) is 2.25. The van der Waals surface area contributed by atoms with E-state index >= 15 is 0 Å². The molecule has 1 rings (SSSR count). The third-order valence-electron chi connectivity index (χ3n) is 1.82. The number of rotatable bonds is 4. The molecular weight excluding hydrogens is 319 g/mol. The van der Waals surface area contributed by atoms with Crippen molar-refractivity contribution in [2.45, 2.75) is 6.92 Å². The lowest BCUT2D eigenvalue weighted by molar-refractivity contribution is 0.0596. The van der Waals surface area contributed by atoms with Crippen LogP contribution in [0.1, 0.15) is 17.3 Å². The number of carbonyl (C=O) groups is 1. The predicted octanol–water partition coefficient (Wildman–Crippen LogP) is 3.03. The van der Waals surface area contributed by atoms with E-state index in [4.69, 9.17) is 4.74 Å². The van der Waals surface area contributed by atoms with Crippen LogP contribution < -0.4 is 4.74 Å². The summed E-state index contributed by atoms with van der Waals surface area (Å²) in [5.41, 5.74) is 1.33. The number of hydrogen-bond acceptors (Lipinski definition) is 3. The summed E-state index contributed by atoms with van der Waals surface area (Å²) in [6.07, 6.45) is 0. The van der Waals surface area contributed by atoms with Crippen LogP contribution in [-0.4, -0.2) is 19.7 Å². The molecular formula is C12H13IO3. The number of carbonyl (C=O) groups excluding carboxylic acids is 1. The summed E-state index contributed by atoms with van der Waals surface area (Å²) in [6.45, 7) is 6.00. The lowest BCUT2D eigenvalue weighted by Crippen LogP contribution is -2.07. The normalized spacial score (nSPS) is 9.69. The first-order chi connectivity index (χ1) is 7.54. The van der Waals surface area contributed by atoms with Crippen molar-refractivity contribution < 1.29 is 14.3 Å². The Labute approximate surface area is 109 Å². The summed E-state index contributed by atoms with van der Waals surface area (Å²) in [4.78, 5) is 11.5. The maximum absolute atomic E-state index is 11.5. The molecule has 0 aliphatic heterocycles. The number of hydrogen-bond donors (Lipinski definition) is 0. The van der Waals surface area contributed by atoms with Gasteiger partial charge in [0.25, 0.3) is 0 Å². The van der Waals surface area contributed by atoms with Gasteiger partial charge < -0.3 is 9.47 Å². The maximum Gasteiger partial charge on any atom is 0.341 e. The molecule has 1 aromatic rings. The quantitative estimate of drug-likeness (QED) is 0.483. The van der Waals surface area contributed by atoms with Crippen LogP contribution in [0.2, 0.25) is 0 Å². The zero-order chi connectivity index (χ0) is 12.1. The number of ether oxygens (including phenoxy) is 2. The highest BCUT2D eigenvalue weighted by molar-refractivity contribution is 14.1. The van der Waals surface area contributed by atoms with Crippen LogP contribution in [0.5, 0.6) is 5.75 Å². The largest absolute Gasteiger partial charge is 0.488 e. The van der Waals surface area contributed by atoms with Gasteiger partial charge in [-0.25, -0.2) is 4.79 Å². The van der Waals surface area contributed by atoms with Crippen molar-refractivity contribution in [3.8, 4) is 5.75 Å². The van der Waals surface area contributed by atoms with Crippen molar-refractivity contribution in [1.29, 1.82) is 0 Å². The lowest BCUT2D eigenvalue weighted by Gasteiger charge is -2.10. The highest BCUT2D eigenvalue weighted by atomic mass is 127. The Kier molecular flexibility index (Phi) is 4.79. The molecule has 16 heavy (non-hydrogen) atoms. The van der Waals surface area contributed by atoms with Gasteiger partial charge in [-0.15, -0.1) is 0 Å². The minimum atomic E-state index is -0.395. The van der Waals surface area contributed by atoms with Crippen LogP contribution in [-0.2, 0) is 4.74 Å². The Balaban J connectivity index is 2.98. The minimum absolute atomic E-state index is 0.393. The molecule has 0 aromatic heterocycles. The van der Waals surface area contributed by atoms with Gasteiger partial charge in [-0.1, -0.05) is 6.58 Å². The molecule has 0 radical (unpaired) electrons. The second-order valence-electron chi connectivity index (χ2n) is 3.38. The van der Waals surface area contributed by atoms with E-state index in [1.165, 1.54) is 7.11 Å². The molecule has 0 spiro atoms. The monoisotopic (exact) mass is 332 g/mol. The van der Waals surface area contributed by atoms with Gasteiger partial charge in [0, 0.05) is 3.57 Å². The molecule has 0 N–H and O–H groups in total. The third kappa shape index (κ3) is 3.52. The highest BCUT2D eigenvalue weighted by Gasteiger charge is 2.13. The minimum Gasteiger partial charge on any atom is -0.488 e. The number of esters is 1. The van der Waals surface area contributed by atoms with Crippen LogP contribution in [0.15, 0.2) is 30.4 Å². The Bertz CT molecular complexity index is 413. The number of halogens is 1. The van der Waals surface area contributed by atoms with Crippen LogP contribution in [0, 0.1) is 3.57 Å². The van der Waals surface area contributed by atoms with Crippen LogP contribution in [0.4, 0.5) is 0 Å². The van der Waals surface area contributed by atoms with E-state index in [1.54, 1.807) is 12.1 Å². The van der Waals surface area contributed by atoms with Crippen LogP contribution in [0.25, 0.3) is 0 Å². The summed E-state index contributed by atoms with van der Waals surface area (Å²) >= 11 is 2.16. The Hall–Kier alpha value is -1.04. The predicted molar refractivity (Wildman–Crippen MR) is 70.8 cm³/mol. The van der Waals surface area contributed by atoms with Crippen molar-refractivity contribution in [2.75, 3.05) is 13.7 Å². The molecule has 0 bridgehead atoms. The molecule has 0 aliphatic carbocycles. The van der Waals surface area contributed by atoms with Gasteiger partial charge in [-0.3, -0.25) is 0 Å². The summed E-state index contributed by atoms with van der Waals surface area (Å²) < 4.78 is 11.2. The summed E-state index contributed by atoms with van der Waals surface area (Å²) in [5.74, 6) is 0.134. The van der Waals surface area contributed by atoms with Gasteiger partial charge in [0.05, 0.1) is 7.11 Å². The van der Waals surface area contributed by atoms with Crippen molar-refractivity contribution in [1.82, 2.24) is 0 Å². The molecule has 0 saturated carbocycles. The SMILES string of the molecule is C=C(C)COc1cc(I)ccc1C(=O)OC. The Morgan fingerprint density at radius 1 is 1.50 bits per heavy atom. The summed E-state index contributed by atoms with van der Waals surface area (Å²) in [6, 6.07) is 5.33. The molecule has 1 aromatic carbocycles. The first-order valence-electron chi connectivity index (χ1n) is 4.69. The van der Waals surface area contributed by atoms with Gasteiger partial charge in [0.2, 0.25) is 0 Å². The fourth-order valence-electron chi connectivity index (χ4n) is 1.10. The molecule has 3 nitrogen and oxygen atoms in total. The van der Waals surface area contributed by atoms with Crippen molar-refractivity contribution in [3.63, 3.8) is 0 Å². The van der Waals surface area contributed by atoms with E-state index in [0.29, 0.717) is 17.9 Å². The topological polar surface area (TPSA) is 35.5 Å². The van der Waals surface area contributed by atoms with Gasteiger partial charge in [-0.05, 0) is 53.3 Å². The third-order valence-corrected chi connectivity index (χ3v) is 2.49. The van der Waals surface area contributed by atoms with E-state index in [0.717, 1.165) is 9.14 Å². The molecule has 86 valence electrons. The van der Waals surface area contributed by atoms with Gasteiger partial charge >= 0.3 is 5.97 Å². The molecule has 0 atom stereocenters. The van der Waals surface area contributed by atoms with E-state index in [-0.39, 0.29) is 0 Å². The van der Waals surface area contributed by atoms with Crippen molar-refractivity contribution in [3.05, 3.63) is 39.5 Å². The maximum atomic E-state index is 11.5.